The Labute approximate surface area is 168 Å². The minimum absolute atomic E-state index is 0.0415. The summed E-state index contributed by atoms with van der Waals surface area (Å²) in [6.45, 7) is 5.82. The second-order valence-corrected chi connectivity index (χ2v) is 8.86. The average molecular weight is 399 g/mol. The molecule has 3 aliphatic rings. The number of hydrogen-bond donors (Lipinski definition) is 0. The van der Waals surface area contributed by atoms with Crippen LogP contribution in [-0.2, 0) is 10.2 Å². The number of halogens is 2. The van der Waals surface area contributed by atoms with Crippen LogP contribution in [0, 0.1) is 17.0 Å². The van der Waals surface area contributed by atoms with E-state index in [4.69, 9.17) is 4.74 Å². The summed E-state index contributed by atoms with van der Waals surface area (Å²) in [6.07, 6.45) is 3.69. The lowest BCUT2D eigenvalue weighted by atomic mass is 9.67. The van der Waals surface area contributed by atoms with Crippen LogP contribution >= 0.6 is 0 Å². The molecular weight excluding hydrogens is 376 g/mol. The molecule has 1 aliphatic heterocycles. The van der Waals surface area contributed by atoms with Crippen LogP contribution in [0.15, 0.2) is 24.3 Å². The quantitative estimate of drug-likeness (QED) is 0.771. The summed E-state index contributed by atoms with van der Waals surface area (Å²) in [5, 5.41) is 8.48. The van der Waals surface area contributed by atoms with Gasteiger partial charge in [0, 0.05) is 19.2 Å². The molecule has 2 aromatic rings. The van der Waals surface area contributed by atoms with E-state index in [-0.39, 0.29) is 23.1 Å². The Morgan fingerprint density at radius 2 is 1.86 bits per heavy atom. The molecule has 2 heterocycles. The molecule has 2 bridgehead atoms. The highest BCUT2D eigenvalue weighted by Gasteiger charge is 2.68. The standard InChI is InChI=1S/C22H23F2N3O2/c1-21(2)14-8-9-22(21,20(28)27-10-3-4-11-27)19-13(14)12-17(25-26-19)29-18-15(23)6-5-7-16(18)24/h5-7,12,14H,3-4,8-11H2,1-2H3/t14-,22+/m0/s1. The van der Waals surface area contributed by atoms with Gasteiger partial charge in [-0.25, -0.2) is 8.78 Å². The van der Waals surface area contributed by atoms with Crippen LogP contribution in [0.3, 0.4) is 0 Å². The topological polar surface area (TPSA) is 55.3 Å². The largest absolute Gasteiger partial charge is 0.431 e. The van der Waals surface area contributed by atoms with Gasteiger partial charge in [0.1, 0.15) is 0 Å². The molecule has 2 atom stereocenters. The maximum atomic E-state index is 14.0. The van der Waals surface area contributed by atoms with Crippen molar-refractivity contribution in [2.45, 2.75) is 50.9 Å². The third kappa shape index (κ3) is 2.39. The van der Waals surface area contributed by atoms with Crippen LogP contribution in [-0.4, -0.2) is 34.1 Å². The monoisotopic (exact) mass is 399 g/mol. The van der Waals surface area contributed by atoms with Gasteiger partial charge in [-0.1, -0.05) is 19.9 Å². The Bertz CT molecular complexity index is 983. The van der Waals surface area contributed by atoms with E-state index in [1.807, 2.05) is 4.90 Å². The van der Waals surface area contributed by atoms with Crippen molar-refractivity contribution in [3.05, 3.63) is 47.2 Å². The predicted octanol–water partition coefficient (Wildman–Crippen LogP) is 4.32. The van der Waals surface area contributed by atoms with Gasteiger partial charge in [0.05, 0.1) is 11.1 Å². The summed E-state index contributed by atoms with van der Waals surface area (Å²) in [5.41, 5.74) is 0.630. The van der Waals surface area contributed by atoms with E-state index in [0.29, 0.717) is 5.69 Å². The first-order valence-corrected chi connectivity index (χ1v) is 10.2. The lowest BCUT2D eigenvalue weighted by Crippen LogP contribution is -2.50. The molecule has 5 nitrogen and oxygen atoms in total. The Hall–Kier alpha value is -2.57. The van der Waals surface area contributed by atoms with Gasteiger partial charge in [0.2, 0.25) is 17.5 Å². The number of carbonyl (C=O) groups excluding carboxylic acids is 1. The molecule has 1 saturated carbocycles. The lowest BCUT2D eigenvalue weighted by molar-refractivity contribution is -0.139. The van der Waals surface area contributed by atoms with Gasteiger partial charge in [-0.05, 0) is 54.7 Å². The first-order valence-electron chi connectivity index (χ1n) is 10.2. The normalized spacial score (nSPS) is 26.6. The van der Waals surface area contributed by atoms with Crippen molar-refractivity contribution in [1.82, 2.24) is 15.1 Å². The van der Waals surface area contributed by atoms with Crippen molar-refractivity contribution >= 4 is 5.91 Å². The number of likely N-dealkylation sites (tertiary alicyclic amines) is 1. The summed E-state index contributed by atoms with van der Waals surface area (Å²) in [7, 11) is 0. The van der Waals surface area contributed by atoms with E-state index < -0.39 is 22.8 Å². The molecule has 2 aliphatic carbocycles. The van der Waals surface area contributed by atoms with Crippen molar-refractivity contribution in [2.24, 2.45) is 5.41 Å². The van der Waals surface area contributed by atoms with Crippen molar-refractivity contribution in [3.8, 4) is 11.6 Å². The number of ether oxygens (including phenoxy) is 1. The van der Waals surface area contributed by atoms with Crippen molar-refractivity contribution in [3.63, 3.8) is 0 Å². The fourth-order valence-corrected chi connectivity index (χ4v) is 5.70. The Morgan fingerprint density at radius 1 is 1.17 bits per heavy atom. The van der Waals surface area contributed by atoms with Gasteiger partial charge >= 0.3 is 0 Å². The number of para-hydroxylation sites is 1. The second-order valence-electron chi connectivity index (χ2n) is 8.86. The van der Waals surface area contributed by atoms with Crippen LogP contribution < -0.4 is 4.74 Å². The lowest BCUT2D eigenvalue weighted by Gasteiger charge is -2.39. The van der Waals surface area contributed by atoms with Gasteiger partial charge in [0.15, 0.2) is 11.6 Å². The summed E-state index contributed by atoms with van der Waals surface area (Å²) < 4.78 is 33.3. The fourth-order valence-electron chi connectivity index (χ4n) is 5.70. The van der Waals surface area contributed by atoms with Crippen LogP contribution in [0.5, 0.6) is 11.6 Å². The maximum Gasteiger partial charge on any atom is 0.239 e. The first-order chi connectivity index (χ1) is 13.9. The minimum Gasteiger partial charge on any atom is -0.431 e. The molecule has 1 aromatic heterocycles. The fraction of sp³-hybridized carbons (Fsp3) is 0.500. The second kappa shape index (κ2) is 6.21. The van der Waals surface area contributed by atoms with E-state index in [2.05, 4.69) is 24.0 Å². The average Bonchev–Trinajstić information content (AvgIpc) is 3.36. The first kappa shape index (κ1) is 18.5. The number of fused-ring (bicyclic) bond motifs is 5. The van der Waals surface area contributed by atoms with Crippen LogP contribution in [0.25, 0.3) is 0 Å². The van der Waals surface area contributed by atoms with Crippen LogP contribution in [0.2, 0.25) is 0 Å². The molecule has 0 N–H and O–H groups in total. The molecule has 0 spiro atoms. The zero-order chi connectivity index (χ0) is 20.4. The van der Waals surface area contributed by atoms with Crippen LogP contribution in [0.4, 0.5) is 8.78 Å². The molecule has 1 saturated heterocycles. The summed E-state index contributed by atoms with van der Waals surface area (Å²) in [4.78, 5) is 15.6. The summed E-state index contributed by atoms with van der Waals surface area (Å²) >= 11 is 0. The van der Waals surface area contributed by atoms with E-state index in [0.717, 1.165) is 56.5 Å². The zero-order valence-corrected chi connectivity index (χ0v) is 16.5. The minimum atomic E-state index is -0.796. The maximum absolute atomic E-state index is 14.0. The molecular formula is C22H23F2N3O2. The van der Waals surface area contributed by atoms with E-state index >= 15 is 0 Å². The highest BCUT2D eigenvalue weighted by atomic mass is 19.1. The highest BCUT2D eigenvalue weighted by molar-refractivity contribution is 5.91. The molecule has 0 unspecified atom stereocenters. The molecule has 7 heteroatoms. The Morgan fingerprint density at radius 3 is 2.55 bits per heavy atom. The number of benzene rings is 1. The molecule has 152 valence electrons. The van der Waals surface area contributed by atoms with Gasteiger partial charge in [-0.3, -0.25) is 4.79 Å². The number of rotatable bonds is 3. The number of hydrogen-bond acceptors (Lipinski definition) is 4. The Balaban J connectivity index is 1.56. The van der Waals surface area contributed by atoms with Gasteiger partial charge in [-0.15, -0.1) is 5.10 Å². The van der Waals surface area contributed by atoms with E-state index in [1.54, 1.807) is 6.07 Å². The predicted molar refractivity (Wildman–Crippen MR) is 102 cm³/mol. The van der Waals surface area contributed by atoms with Crippen molar-refractivity contribution < 1.29 is 18.3 Å². The van der Waals surface area contributed by atoms with Gasteiger partial charge in [-0.2, -0.15) is 5.10 Å². The third-order valence-electron chi connectivity index (χ3n) is 7.24. The molecule has 29 heavy (non-hydrogen) atoms. The van der Waals surface area contributed by atoms with Gasteiger partial charge < -0.3 is 9.64 Å². The SMILES string of the molecule is CC1(C)[C@H]2CC[C@]1(C(=O)N1CCCC1)c1nnc(Oc3c(F)cccc3F)cc12. The molecule has 1 amide bonds. The van der Waals surface area contributed by atoms with Crippen molar-refractivity contribution in [1.29, 1.82) is 0 Å². The smallest absolute Gasteiger partial charge is 0.239 e. The van der Waals surface area contributed by atoms with Crippen LogP contribution in [0.1, 0.15) is 56.7 Å². The number of aromatic nitrogens is 2. The van der Waals surface area contributed by atoms with Gasteiger partial charge in [0.25, 0.3) is 0 Å². The Kier molecular flexibility index (Phi) is 3.95. The van der Waals surface area contributed by atoms with E-state index in [9.17, 15) is 13.6 Å². The summed E-state index contributed by atoms with van der Waals surface area (Å²) in [6, 6.07) is 5.25. The third-order valence-corrected chi connectivity index (χ3v) is 7.24. The number of nitrogens with zero attached hydrogens (tertiary/aromatic N) is 3. The molecule has 2 fully saturated rings. The number of carbonyl (C=O) groups is 1. The van der Waals surface area contributed by atoms with E-state index in [1.165, 1.54) is 6.07 Å². The zero-order valence-electron chi connectivity index (χ0n) is 16.5. The highest BCUT2D eigenvalue weighted by Crippen LogP contribution is 2.68. The summed E-state index contributed by atoms with van der Waals surface area (Å²) in [5.74, 6) is -1.77. The van der Waals surface area contributed by atoms with Crippen molar-refractivity contribution in [2.75, 3.05) is 13.1 Å². The molecule has 5 rings (SSSR count). The molecule has 0 radical (unpaired) electrons. The number of amides is 1. The molecule has 1 aromatic carbocycles.